The Labute approximate surface area is 111 Å². The molecule has 0 unspecified atom stereocenters. The lowest BCUT2D eigenvalue weighted by atomic mass is 10.1. The Balaban J connectivity index is 2.28. The number of hydrogen-bond donors (Lipinski definition) is 0. The van der Waals surface area contributed by atoms with E-state index >= 15 is 0 Å². The van der Waals surface area contributed by atoms with Gasteiger partial charge in [-0.2, -0.15) is 0 Å². The highest BCUT2D eigenvalue weighted by Crippen LogP contribution is 2.35. The van der Waals surface area contributed by atoms with Gasteiger partial charge < -0.3 is 4.90 Å². The zero-order valence-corrected chi connectivity index (χ0v) is 11.9. The van der Waals surface area contributed by atoms with E-state index < -0.39 is 0 Å². The second-order valence-electron chi connectivity index (χ2n) is 4.33. The zero-order valence-electron chi connectivity index (χ0n) is 9.55. The van der Waals surface area contributed by atoms with Crippen molar-refractivity contribution in [2.24, 2.45) is 0 Å². The van der Waals surface area contributed by atoms with E-state index in [1.165, 1.54) is 30.5 Å². The third-order valence-electron chi connectivity index (χ3n) is 2.95. The predicted octanol–water partition coefficient (Wildman–Crippen LogP) is 4.57. The van der Waals surface area contributed by atoms with E-state index in [2.05, 4.69) is 46.0 Å². The molecular formula is C13H17BrClN. The van der Waals surface area contributed by atoms with Crippen molar-refractivity contribution in [3.63, 3.8) is 0 Å². The number of hydrogen-bond acceptors (Lipinski definition) is 1. The minimum atomic E-state index is 0.585. The van der Waals surface area contributed by atoms with Crippen molar-refractivity contribution in [2.45, 2.75) is 38.1 Å². The minimum Gasteiger partial charge on any atom is -0.368 e. The Morgan fingerprint density at radius 1 is 1.44 bits per heavy atom. The molecule has 1 fully saturated rings. The fourth-order valence-corrected chi connectivity index (χ4v) is 2.69. The van der Waals surface area contributed by atoms with Gasteiger partial charge in [-0.1, -0.05) is 22.9 Å². The summed E-state index contributed by atoms with van der Waals surface area (Å²) in [6, 6.07) is 7.18. The average Bonchev–Trinajstić information content (AvgIpc) is 3.10. The lowest BCUT2D eigenvalue weighted by Gasteiger charge is -2.26. The van der Waals surface area contributed by atoms with Crippen LogP contribution in [0, 0.1) is 0 Å². The molecule has 0 amide bonds. The van der Waals surface area contributed by atoms with Gasteiger partial charge >= 0.3 is 0 Å². The van der Waals surface area contributed by atoms with Crippen LogP contribution < -0.4 is 4.90 Å². The van der Waals surface area contributed by atoms with Gasteiger partial charge in [-0.3, -0.25) is 0 Å². The molecule has 0 heterocycles. The normalized spacial score (nSPS) is 15.2. The summed E-state index contributed by atoms with van der Waals surface area (Å²) < 4.78 is 1.11. The fourth-order valence-electron chi connectivity index (χ4n) is 2.07. The third kappa shape index (κ3) is 2.72. The minimum absolute atomic E-state index is 0.585. The van der Waals surface area contributed by atoms with Gasteiger partial charge in [0.05, 0.1) is 0 Å². The molecule has 16 heavy (non-hydrogen) atoms. The van der Waals surface area contributed by atoms with Crippen LogP contribution in [-0.4, -0.2) is 12.6 Å². The summed E-state index contributed by atoms with van der Waals surface area (Å²) in [5.74, 6) is 0.585. The van der Waals surface area contributed by atoms with Crippen molar-refractivity contribution >= 4 is 33.2 Å². The molecule has 2 rings (SSSR count). The first-order valence-corrected chi connectivity index (χ1v) is 7.20. The van der Waals surface area contributed by atoms with Gasteiger partial charge in [0.1, 0.15) is 0 Å². The molecular weight excluding hydrogens is 286 g/mol. The SMILES string of the molecule is CCCN(c1ccc(Br)cc1CCl)C1CC1. The molecule has 0 atom stereocenters. The van der Waals surface area contributed by atoms with E-state index in [4.69, 9.17) is 11.6 Å². The molecule has 1 aliphatic carbocycles. The Hall–Kier alpha value is -0.210. The molecule has 0 aromatic heterocycles. The Bertz CT molecular complexity index is 363. The smallest absolute Gasteiger partial charge is 0.0494 e. The number of alkyl halides is 1. The van der Waals surface area contributed by atoms with Crippen molar-refractivity contribution in [3.05, 3.63) is 28.2 Å². The van der Waals surface area contributed by atoms with E-state index in [0.29, 0.717) is 5.88 Å². The molecule has 1 saturated carbocycles. The van der Waals surface area contributed by atoms with Crippen LogP contribution in [0.3, 0.4) is 0 Å². The van der Waals surface area contributed by atoms with Gasteiger partial charge in [0.25, 0.3) is 0 Å². The largest absolute Gasteiger partial charge is 0.368 e. The van der Waals surface area contributed by atoms with Gasteiger partial charge in [-0.05, 0) is 43.0 Å². The van der Waals surface area contributed by atoms with E-state index in [0.717, 1.165) is 17.1 Å². The van der Waals surface area contributed by atoms with Gasteiger partial charge in [0.15, 0.2) is 0 Å². The van der Waals surface area contributed by atoms with Crippen LogP contribution in [0.4, 0.5) is 5.69 Å². The van der Waals surface area contributed by atoms with Crippen LogP contribution in [0.25, 0.3) is 0 Å². The first-order valence-electron chi connectivity index (χ1n) is 5.87. The molecule has 0 N–H and O–H groups in total. The quantitative estimate of drug-likeness (QED) is 0.720. The van der Waals surface area contributed by atoms with E-state index in [-0.39, 0.29) is 0 Å². The predicted molar refractivity (Wildman–Crippen MR) is 74.4 cm³/mol. The molecule has 0 saturated heterocycles. The fraction of sp³-hybridized carbons (Fsp3) is 0.538. The Morgan fingerprint density at radius 3 is 2.75 bits per heavy atom. The second-order valence-corrected chi connectivity index (χ2v) is 5.51. The van der Waals surface area contributed by atoms with Crippen LogP contribution in [0.5, 0.6) is 0 Å². The van der Waals surface area contributed by atoms with Crippen molar-refractivity contribution < 1.29 is 0 Å². The van der Waals surface area contributed by atoms with E-state index in [1.54, 1.807) is 0 Å². The summed E-state index contributed by atoms with van der Waals surface area (Å²) in [4.78, 5) is 2.52. The maximum atomic E-state index is 6.03. The van der Waals surface area contributed by atoms with Crippen molar-refractivity contribution in [3.8, 4) is 0 Å². The van der Waals surface area contributed by atoms with Crippen LogP contribution in [0.15, 0.2) is 22.7 Å². The van der Waals surface area contributed by atoms with E-state index in [9.17, 15) is 0 Å². The van der Waals surface area contributed by atoms with Crippen LogP contribution in [-0.2, 0) is 5.88 Å². The summed E-state index contributed by atoms with van der Waals surface area (Å²) >= 11 is 9.53. The number of nitrogens with zero attached hydrogens (tertiary/aromatic N) is 1. The number of rotatable bonds is 5. The molecule has 0 aliphatic heterocycles. The molecule has 1 nitrogen and oxygen atoms in total. The molecule has 88 valence electrons. The van der Waals surface area contributed by atoms with Crippen molar-refractivity contribution in [1.82, 2.24) is 0 Å². The highest BCUT2D eigenvalue weighted by atomic mass is 79.9. The molecule has 3 heteroatoms. The number of benzene rings is 1. The molecule has 1 aromatic rings. The number of anilines is 1. The van der Waals surface area contributed by atoms with Crippen LogP contribution >= 0.6 is 27.5 Å². The van der Waals surface area contributed by atoms with Gasteiger partial charge in [0, 0.05) is 28.6 Å². The highest BCUT2D eigenvalue weighted by molar-refractivity contribution is 9.10. The monoisotopic (exact) mass is 301 g/mol. The molecule has 1 aromatic carbocycles. The lowest BCUT2D eigenvalue weighted by Crippen LogP contribution is -2.27. The molecule has 0 radical (unpaired) electrons. The number of halogens is 2. The summed E-state index contributed by atoms with van der Waals surface area (Å²) in [5.41, 5.74) is 2.55. The lowest BCUT2D eigenvalue weighted by molar-refractivity contribution is 0.760. The van der Waals surface area contributed by atoms with Gasteiger partial charge in [-0.25, -0.2) is 0 Å². The maximum absolute atomic E-state index is 6.03. The van der Waals surface area contributed by atoms with Crippen LogP contribution in [0.2, 0.25) is 0 Å². The second kappa shape index (κ2) is 5.42. The highest BCUT2D eigenvalue weighted by Gasteiger charge is 2.29. The molecule has 1 aliphatic rings. The molecule has 0 spiro atoms. The average molecular weight is 303 g/mol. The standard InChI is InChI=1S/C13H17BrClN/c1-2-7-16(12-4-5-12)13-6-3-11(14)8-10(13)9-15/h3,6,8,12H,2,4-5,7,9H2,1H3. The molecule has 0 bridgehead atoms. The summed E-state index contributed by atoms with van der Waals surface area (Å²) in [6.45, 7) is 3.37. The van der Waals surface area contributed by atoms with Crippen molar-refractivity contribution in [2.75, 3.05) is 11.4 Å². The Morgan fingerprint density at radius 2 is 2.19 bits per heavy atom. The van der Waals surface area contributed by atoms with Gasteiger partial charge in [0.2, 0.25) is 0 Å². The topological polar surface area (TPSA) is 3.24 Å². The first kappa shape index (κ1) is 12.3. The van der Waals surface area contributed by atoms with Crippen molar-refractivity contribution in [1.29, 1.82) is 0 Å². The first-order chi connectivity index (χ1) is 7.76. The van der Waals surface area contributed by atoms with E-state index in [1.807, 2.05) is 0 Å². The Kier molecular flexibility index (Phi) is 4.15. The summed E-state index contributed by atoms with van der Waals surface area (Å²) in [6.07, 6.45) is 3.85. The third-order valence-corrected chi connectivity index (χ3v) is 3.73. The maximum Gasteiger partial charge on any atom is 0.0494 e. The summed E-state index contributed by atoms with van der Waals surface area (Å²) in [7, 11) is 0. The zero-order chi connectivity index (χ0) is 11.5. The van der Waals surface area contributed by atoms with Gasteiger partial charge in [-0.15, -0.1) is 11.6 Å². The van der Waals surface area contributed by atoms with Crippen LogP contribution in [0.1, 0.15) is 31.7 Å². The summed E-state index contributed by atoms with van der Waals surface area (Å²) in [5, 5.41) is 0.